The Kier molecular flexibility index (Phi) is 5.23. The number of nitrogens with one attached hydrogen (secondary N) is 1. The number of piperidine rings is 2. The number of piperazine rings is 1. The predicted molar refractivity (Wildman–Crippen MR) is 89.7 cm³/mol. The van der Waals surface area contributed by atoms with Gasteiger partial charge in [0.2, 0.25) is 0 Å². The zero-order valence-electron chi connectivity index (χ0n) is 14.2. The van der Waals surface area contributed by atoms with Crippen LogP contribution in [0.15, 0.2) is 0 Å². The monoisotopic (exact) mass is 293 g/mol. The Labute approximate surface area is 131 Å². The molecule has 3 heteroatoms. The number of fused-ring (bicyclic) bond motifs is 1. The number of hydrogen-bond donors (Lipinski definition) is 1. The van der Waals surface area contributed by atoms with E-state index < -0.39 is 0 Å². The van der Waals surface area contributed by atoms with Gasteiger partial charge in [-0.2, -0.15) is 0 Å². The molecule has 3 heterocycles. The van der Waals surface area contributed by atoms with Gasteiger partial charge in [-0.05, 0) is 64.1 Å². The van der Waals surface area contributed by atoms with Crippen molar-refractivity contribution in [1.29, 1.82) is 0 Å². The van der Waals surface area contributed by atoms with Crippen molar-refractivity contribution in [2.75, 3.05) is 39.3 Å². The Morgan fingerprint density at radius 1 is 1.14 bits per heavy atom. The van der Waals surface area contributed by atoms with Gasteiger partial charge in [0.25, 0.3) is 0 Å². The van der Waals surface area contributed by atoms with E-state index >= 15 is 0 Å². The first-order valence-corrected chi connectivity index (χ1v) is 9.41. The van der Waals surface area contributed by atoms with E-state index in [0.29, 0.717) is 5.41 Å². The molecule has 0 aromatic heterocycles. The molecule has 3 fully saturated rings. The van der Waals surface area contributed by atoms with Gasteiger partial charge in [0.1, 0.15) is 0 Å². The molecule has 3 saturated heterocycles. The van der Waals surface area contributed by atoms with Crippen LogP contribution < -0.4 is 5.32 Å². The lowest BCUT2D eigenvalue weighted by Gasteiger charge is -2.51. The van der Waals surface area contributed by atoms with E-state index in [2.05, 4.69) is 29.0 Å². The molecular formula is C18H35N3. The molecular weight excluding hydrogens is 258 g/mol. The van der Waals surface area contributed by atoms with Gasteiger partial charge in [0.05, 0.1) is 0 Å². The summed E-state index contributed by atoms with van der Waals surface area (Å²) in [7, 11) is 0. The summed E-state index contributed by atoms with van der Waals surface area (Å²) in [6, 6.07) is 1.61. The van der Waals surface area contributed by atoms with Gasteiger partial charge < -0.3 is 5.32 Å². The van der Waals surface area contributed by atoms with Crippen molar-refractivity contribution < 1.29 is 0 Å². The first kappa shape index (κ1) is 15.8. The lowest BCUT2D eigenvalue weighted by molar-refractivity contribution is -0.0156. The van der Waals surface area contributed by atoms with Gasteiger partial charge in [-0.3, -0.25) is 9.80 Å². The lowest BCUT2D eigenvalue weighted by atomic mass is 9.74. The molecule has 2 atom stereocenters. The van der Waals surface area contributed by atoms with E-state index in [0.717, 1.165) is 12.1 Å². The Hall–Kier alpha value is -0.120. The summed E-state index contributed by atoms with van der Waals surface area (Å²) >= 11 is 0. The maximum absolute atomic E-state index is 3.56. The third kappa shape index (κ3) is 3.62. The van der Waals surface area contributed by atoms with E-state index in [1.165, 1.54) is 84.2 Å². The minimum atomic E-state index is 0.602. The first-order valence-electron chi connectivity index (χ1n) is 9.41. The highest BCUT2D eigenvalue weighted by Gasteiger charge is 2.38. The van der Waals surface area contributed by atoms with Crippen molar-refractivity contribution in [1.82, 2.24) is 15.1 Å². The van der Waals surface area contributed by atoms with Crippen LogP contribution in [0.1, 0.15) is 58.8 Å². The van der Waals surface area contributed by atoms with Gasteiger partial charge in [-0.25, -0.2) is 0 Å². The summed E-state index contributed by atoms with van der Waals surface area (Å²) in [5, 5.41) is 3.56. The molecule has 0 aromatic rings. The van der Waals surface area contributed by atoms with E-state index in [1.54, 1.807) is 0 Å². The molecule has 2 unspecified atom stereocenters. The molecule has 3 nitrogen and oxygen atoms in total. The van der Waals surface area contributed by atoms with Crippen LogP contribution in [0.5, 0.6) is 0 Å². The van der Waals surface area contributed by atoms with Crippen molar-refractivity contribution in [3.05, 3.63) is 0 Å². The lowest BCUT2D eigenvalue weighted by Crippen LogP contribution is -2.60. The van der Waals surface area contributed by atoms with Crippen LogP contribution in [0.25, 0.3) is 0 Å². The van der Waals surface area contributed by atoms with Gasteiger partial charge in [-0.1, -0.05) is 19.8 Å². The van der Waals surface area contributed by atoms with Crippen molar-refractivity contribution in [3.8, 4) is 0 Å². The smallest absolute Gasteiger partial charge is 0.0223 e. The fourth-order valence-corrected chi connectivity index (χ4v) is 5.04. The van der Waals surface area contributed by atoms with Gasteiger partial charge in [0, 0.05) is 31.7 Å². The van der Waals surface area contributed by atoms with Gasteiger partial charge in [0.15, 0.2) is 0 Å². The average molecular weight is 293 g/mol. The normalized spacial score (nSPS) is 34.6. The number of nitrogens with zero attached hydrogens (tertiary/aromatic N) is 2. The largest absolute Gasteiger partial charge is 0.317 e. The van der Waals surface area contributed by atoms with Crippen LogP contribution in [0, 0.1) is 5.41 Å². The van der Waals surface area contributed by atoms with E-state index in [4.69, 9.17) is 0 Å². The molecule has 0 spiro atoms. The van der Waals surface area contributed by atoms with Crippen molar-refractivity contribution in [2.24, 2.45) is 5.41 Å². The van der Waals surface area contributed by atoms with Crippen molar-refractivity contribution in [3.63, 3.8) is 0 Å². The first-order chi connectivity index (χ1) is 10.2. The zero-order valence-corrected chi connectivity index (χ0v) is 14.2. The second-order valence-corrected chi connectivity index (χ2v) is 7.92. The molecule has 0 aliphatic carbocycles. The Balaban J connectivity index is 1.64. The number of hydrogen-bond acceptors (Lipinski definition) is 3. The molecule has 0 bridgehead atoms. The van der Waals surface area contributed by atoms with Crippen LogP contribution in [-0.4, -0.2) is 61.2 Å². The van der Waals surface area contributed by atoms with Gasteiger partial charge in [-0.15, -0.1) is 0 Å². The molecule has 3 aliphatic rings. The predicted octanol–water partition coefficient (Wildman–Crippen LogP) is 2.71. The minimum Gasteiger partial charge on any atom is -0.317 e. The van der Waals surface area contributed by atoms with Gasteiger partial charge >= 0.3 is 0 Å². The van der Waals surface area contributed by atoms with Crippen LogP contribution in [-0.2, 0) is 0 Å². The van der Waals surface area contributed by atoms with Crippen LogP contribution in [0.2, 0.25) is 0 Å². The molecule has 3 aliphatic heterocycles. The zero-order chi connectivity index (χ0) is 14.7. The maximum atomic E-state index is 3.56. The molecule has 0 aromatic carbocycles. The Bertz CT molecular complexity index is 319. The summed E-state index contributed by atoms with van der Waals surface area (Å²) in [4.78, 5) is 5.63. The molecule has 3 rings (SSSR count). The molecule has 0 saturated carbocycles. The molecule has 1 N–H and O–H groups in total. The Morgan fingerprint density at radius 3 is 2.71 bits per heavy atom. The van der Waals surface area contributed by atoms with Crippen molar-refractivity contribution >= 4 is 0 Å². The van der Waals surface area contributed by atoms with Crippen LogP contribution >= 0.6 is 0 Å². The second-order valence-electron chi connectivity index (χ2n) is 7.92. The summed E-state index contributed by atoms with van der Waals surface area (Å²) in [6.45, 7) is 12.7. The second kappa shape index (κ2) is 6.97. The molecule has 0 radical (unpaired) electrons. The maximum Gasteiger partial charge on any atom is 0.0223 e. The summed E-state index contributed by atoms with van der Waals surface area (Å²) in [5.41, 5.74) is 0.602. The fourth-order valence-electron chi connectivity index (χ4n) is 5.04. The average Bonchev–Trinajstić information content (AvgIpc) is 2.49. The molecule has 21 heavy (non-hydrogen) atoms. The Morgan fingerprint density at radius 2 is 1.95 bits per heavy atom. The van der Waals surface area contributed by atoms with E-state index in [1.807, 2.05) is 0 Å². The standard InChI is InChI=1S/C18H35N3/c1-3-7-18(8-10-19-11-9-18)15-21-14-17-6-4-5-12-20(17)13-16(21)2/h16-17,19H,3-15H2,1-2H3. The number of rotatable bonds is 4. The topological polar surface area (TPSA) is 18.5 Å². The third-order valence-corrected chi connectivity index (χ3v) is 6.30. The fraction of sp³-hybridized carbons (Fsp3) is 1.00. The van der Waals surface area contributed by atoms with Crippen LogP contribution in [0.3, 0.4) is 0 Å². The quantitative estimate of drug-likeness (QED) is 0.860. The summed E-state index contributed by atoms with van der Waals surface area (Å²) < 4.78 is 0. The highest BCUT2D eigenvalue weighted by molar-refractivity contribution is 4.94. The molecule has 0 amide bonds. The highest BCUT2D eigenvalue weighted by Crippen LogP contribution is 2.36. The van der Waals surface area contributed by atoms with Crippen molar-refractivity contribution in [2.45, 2.75) is 70.9 Å². The van der Waals surface area contributed by atoms with E-state index in [-0.39, 0.29) is 0 Å². The minimum absolute atomic E-state index is 0.602. The third-order valence-electron chi connectivity index (χ3n) is 6.30. The van der Waals surface area contributed by atoms with Crippen LogP contribution in [0.4, 0.5) is 0 Å². The SMILES string of the molecule is CCCC1(CN2CC3CCCCN3CC2C)CCNCC1. The highest BCUT2D eigenvalue weighted by atomic mass is 15.3. The van der Waals surface area contributed by atoms with E-state index in [9.17, 15) is 0 Å². The summed E-state index contributed by atoms with van der Waals surface area (Å²) in [5.74, 6) is 0. The molecule has 122 valence electrons. The summed E-state index contributed by atoms with van der Waals surface area (Å²) in [6.07, 6.45) is 9.86.